The van der Waals surface area contributed by atoms with Crippen LogP contribution in [-0.2, 0) is 5.75 Å². The number of anilines is 1. The number of nitrogens with one attached hydrogen (secondary N) is 1. The van der Waals surface area contributed by atoms with Gasteiger partial charge in [-0.2, -0.15) is 0 Å². The summed E-state index contributed by atoms with van der Waals surface area (Å²) in [6.45, 7) is 3.07. The highest BCUT2D eigenvalue weighted by molar-refractivity contribution is 8.00. The molecule has 3 aromatic rings. The summed E-state index contributed by atoms with van der Waals surface area (Å²) in [5.41, 5.74) is 2.95. The maximum Gasteiger partial charge on any atom is 0.257 e. The van der Waals surface area contributed by atoms with Crippen molar-refractivity contribution in [2.45, 2.75) is 17.0 Å². The van der Waals surface area contributed by atoms with Crippen LogP contribution >= 0.6 is 23.1 Å². The molecule has 8 heteroatoms. The Morgan fingerprint density at radius 1 is 1.11 bits per heavy atom. The Balaban J connectivity index is 1.37. The van der Waals surface area contributed by atoms with Gasteiger partial charge < -0.3 is 9.47 Å². The number of hydrogen-bond donors (Lipinski definition) is 1. The van der Waals surface area contributed by atoms with Crippen LogP contribution < -0.4 is 14.8 Å². The van der Waals surface area contributed by atoms with E-state index in [1.54, 1.807) is 30.0 Å². The second-order valence-electron chi connectivity index (χ2n) is 5.96. The summed E-state index contributed by atoms with van der Waals surface area (Å²) in [6.07, 6.45) is 0. The lowest BCUT2D eigenvalue weighted by atomic mass is 10.2. The van der Waals surface area contributed by atoms with E-state index in [4.69, 9.17) is 9.47 Å². The number of fused-ring (bicyclic) bond motifs is 1. The number of rotatable bonds is 5. The molecule has 1 aliphatic heterocycles. The fourth-order valence-electron chi connectivity index (χ4n) is 2.50. The second-order valence-corrected chi connectivity index (χ2v) is 8.16. The zero-order valence-corrected chi connectivity index (χ0v) is 16.2. The zero-order chi connectivity index (χ0) is 18.6. The Morgan fingerprint density at radius 3 is 2.70 bits per heavy atom. The minimum Gasteiger partial charge on any atom is -0.486 e. The van der Waals surface area contributed by atoms with E-state index < -0.39 is 0 Å². The lowest BCUT2D eigenvalue weighted by Gasteiger charge is -2.18. The summed E-state index contributed by atoms with van der Waals surface area (Å²) in [6, 6.07) is 13.5. The van der Waals surface area contributed by atoms with Crippen LogP contribution in [-0.4, -0.2) is 29.3 Å². The second kappa shape index (κ2) is 7.98. The van der Waals surface area contributed by atoms with Crippen molar-refractivity contribution in [2.75, 3.05) is 18.5 Å². The van der Waals surface area contributed by atoms with Gasteiger partial charge in [0.2, 0.25) is 5.13 Å². The number of nitrogens with zero attached hydrogens (tertiary/aromatic N) is 2. The molecule has 4 rings (SSSR count). The maximum absolute atomic E-state index is 12.4. The van der Waals surface area contributed by atoms with E-state index >= 15 is 0 Å². The van der Waals surface area contributed by atoms with Crippen molar-refractivity contribution >= 4 is 34.1 Å². The van der Waals surface area contributed by atoms with Crippen molar-refractivity contribution in [2.24, 2.45) is 0 Å². The van der Waals surface area contributed by atoms with Gasteiger partial charge in [-0.05, 0) is 30.7 Å². The van der Waals surface area contributed by atoms with Crippen molar-refractivity contribution in [1.82, 2.24) is 10.2 Å². The smallest absolute Gasteiger partial charge is 0.257 e. The first-order valence-electron chi connectivity index (χ1n) is 8.40. The quantitative estimate of drug-likeness (QED) is 0.513. The number of thioether (sulfide) groups is 1. The predicted molar refractivity (Wildman–Crippen MR) is 106 cm³/mol. The SMILES string of the molecule is Cc1ccc(CSc2nnc(NC(=O)c3ccc4c(c3)OCCO4)s2)cc1. The summed E-state index contributed by atoms with van der Waals surface area (Å²) in [5, 5.41) is 11.5. The van der Waals surface area contributed by atoms with E-state index in [-0.39, 0.29) is 5.91 Å². The van der Waals surface area contributed by atoms with Crippen molar-refractivity contribution in [3.63, 3.8) is 0 Å². The molecule has 1 aliphatic rings. The van der Waals surface area contributed by atoms with Crippen LogP contribution in [0.4, 0.5) is 5.13 Å². The first-order valence-corrected chi connectivity index (χ1v) is 10.2. The number of hydrogen-bond acceptors (Lipinski definition) is 7. The van der Waals surface area contributed by atoms with Crippen LogP contribution in [0.1, 0.15) is 21.5 Å². The molecule has 1 aromatic heterocycles. The Morgan fingerprint density at radius 2 is 1.89 bits per heavy atom. The predicted octanol–water partition coefficient (Wildman–Crippen LogP) is 4.16. The van der Waals surface area contributed by atoms with Crippen molar-refractivity contribution in [3.8, 4) is 11.5 Å². The molecule has 0 saturated carbocycles. The molecule has 6 nitrogen and oxygen atoms in total. The fraction of sp³-hybridized carbons (Fsp3) is 0.211. The zero-order valence-electron chi connectivity index (χ0n) is 14.6. The van der Waals surface area contributed by atoms with Gasteiger partial charge in [0.15, 0.2) is 15.8 Å². The molecule has 0 bridgehead atoms. The number of aryl methyl sites for hydroxylation is 1. The van der Waals surface area contributed by atoms with Crippen molar-refractivity contribution < 1.29 is 14.3 Å². The number of aromatic nitrogens is 2. The molecular weight excluding hydrogens is 382 g/mol. The summed E-state index contributed by atoms with van der Waals surface area (Å²) in [7, 11) is 0. The number of carbonyl (C=O) groups excluding carboxylic acids is 1. The Kier molecular flexibility index (Phi) is 5.26. The van der Waals surface area contributed by atoms with Gasteiger partial charge >= 0.3 is 0 Å². The highest BCUT2D eigenvalue weighted by Gasteiger charge is 2.16. The molecule has 0 fully saturated rings. The van der Waals surface area contributed by atoms with E-state index in [9.17, 15) is 4.79 Å². The lowest BCUT2D eigenvalue weighted by Crippen LogP contribution is -2.17. The number of amides is 1. The third kappa shape index (κ3) is 4.40. The monoisotopic (exact) mass is 399 g/mol. The molecule has 2 heterocycles. The number of carbonyl (C=O) groups is 1. The maximum atomic E-state index is 12.4. The Bertz CT molecular complexity index is 957. The van der Waals surface area contributed by atoms with Crippen LogP contribution in [0.5, 0.6) is 11.5 Å². The highest BCUT2D eigenvalue weighted by atomic mass is 32.2. The third-order valence-electron chi connectivity index (χ3n) is 3.91. The molecule has 0 aliphatic carbocycles. The van der Waals surface area contributed by atoms with Crippen molar-refractivity contribution in [3.05, 3.63) is 59.2 Å². The molecule has 2 aromatic carbocycles. The lowest BCUT2D eigenvalue weighted by molar-refractivity contribution is 0.102. The third-order valence-corrected chi connectivity index (χ3v) is 5.96. The normalized spacial score (nSPS) is 12.6. The molecule has 0 unspecified atom stereocenters. The largest absolute Gasteiger partial charge is 0.486 e. The minimum atomic E-state index is -0.252. The van der Waals surface area contributed by atoms with Gasteiger partial charge in [-0.15, -0.1) is 10.2 Å². The van der Waals surface area contributed by atoms with Gasteiger partial charge in [-0.25, -0.2) is 0 Å². The van der Waals surface area contributed by atoms with E-state index in [2.05, 4.69) is 46.7 Å². The average molecular weight is 399 g/mol. The number of benzene rings is 2. The van der Waals surface area contributed by atoms with E-state index in [1.165, 1.54) is 22.5 Å². The molecule has 27 heavy (non-hydrogen) atoms. The Labute approximate surface area is 164 Å². The summed E-state index contributed by atoms with van der Waals surface area (Å²) in [4.78, 5) is 12.4. The average Bonchev–Trinajstić information content (AvgIpc) is 3.14. The molecule has 1 N–H and O–H groups in total. The van der Waals surface area contributed by atoms with Gasteiger partial charge in [-0.3, -0.25) is 10.1 Å². The summed E-state index contributed by atoms with van der Waals surface area (Å²) < 4.78 is 11.8. The Hall–Kier alpha value is -2.58. The first kappa shape index (κ1) is 17.8. The van der Waals surface area contributed by atoms with Gasteiger partial charge in [0, 0.05) is 11.3 Å². The fourth-order valence-corrected chi connectivity index (χ4v) is 4.20. The topological polar surface area (TPSA) is 73.3 Å². The van der Waals surface area contributed by atoms with Crippen LogP contribution in [0.3, 0.4) is 0 Å². The van der Waals surface area contributed by atoms with Gasteiger partial charge in [0.25, 0.3) is 5.91 Å². The minimum absolute atomic E-state index is 0.252. The van der Waals surface area contributed by atoms with Crippen LogP contribution in [0.25, 0.3) is 0 Å². The van der Waals surface area contributed by atoms with Gasteiger partial charge in [0.05, 0.1) is 0 Å². The molecule has 0 atom stereocenters. The number of ether oxygens (including phenoxy) is 2. The molecule has 138 valence electrons. The van der Waals surface area contributed by atoms with E-state index in [0.29, 0.717) is 35.4 Å². The molecule has 0 saturated heterocycles. The van der Waals surface area contributed by atoms with Crippen LogP contribution in [0.15, 0.2) is 46.8 Å². The summed E-state index contributed by atoms with van der Waals surface area (Å²) >= 11 is 2.96. The first-order chi connectivity index (χ1) is 13.2. The van der Waals surface area contributed by atoms with E-state index in [0.717, 1.165) is 10.1 Å². The molecule has 0 spiro atoms. The van der Waals surface area contributed by atoms with Crippen LogP contribution in [0, 0.1) is 6.92 Å². The summed E-state index contributed by atoms with van der Waals surface area (Å²) in [5.74, 6) is 1.80. The van der Waals surface area contributed by atoms with Crippen LogP contribution in [0.2, 0.25) is 0 Å². The molecule has 0 radical (unpaired) electrons. The van der Waals surface area contributed by atoms with E-state index in [1.807, 2.05) is 0 Å². The standard InChI is InChI=1S/C19H17N3O3S2/c1-12-2-4-13(5-3-12)11-26-19-22-21-18(27-19)20-17(23)14-6-7-15-16(10-14)25-9-8-24-15/h2-7,10H,8-9,11H2,1H3,(H,20,21,23). The molecular formula is C19H17N3O3S2. The van der Waals surface area contributed by atoms with Gasteiger partial charge in [-0.1, -0.05) is 52.9 Å². The highest BCUT2D eigenvalue weighted by Crippen LogP contribution is 2.32. The molecule has 1 amide bonds. The van der Waals surface area contributed by atoms with Gasteiger partial charge in [0.1, 0.15) is 13.2 Å². The van der Waals surface area contributed by atoms with Crippen molar-refractivity contribution in [1.29, 1.82) is 0 Å².